The number of nitrogens with zero attached hydrogens (tertiary/aromatic N) is 1. The number of carbonyl (C=O) groups excluding carboxylic acids is 1. The molecule has 0 aliphatic heterocycles. The molecule has 2 amide bonds. The van der Waals surface area contributed by atoms with Gasteiger partial charge in [0.2, 0.25) is 0 Å². The minimum atomic E-state index is -0.190. The van der Waals surface area contributed by atoms with Crippen LogP contribution in [0.4, 0.5) is 10.6 Å². The van der Waals surface area contributed by atoms with Crippen LogP contribution < -0.4 is 10.6 Å². The smallest absolute Gasteiger partial charge is 0.320 e. The molecule has 1 heterocycles. The first-order valence-corrected chi connectivity index (χ1v) is 5.29. The molecule has 0 aliphatic rings. The molecule has 0 aliphatic carbocycles. The fourth-order valence-electron chi connectivity index (χ4n) is 1.17. The predicted octanol–water partition coefficient (Wildman–Crippen LogP) is 2.39. The largest absolute Gasteiger partial charge is 0.338 e. The normalized spacial score (nSPS) is 9.67. The lowest BCUT2D eigenvalue weighted by Gasteiger charge is -2.05. The van der Waals surface area contributed by atoms with Crippen LogP contribution in [0.5, 0.6) is 0 Å². The molecule has 0 spiro atoms. The van der Waals surface area contributed by atoms with Crippen LogP contribution in [0.3, 0.4) is 0 Å². The number of carbonyl (C=O) groups is 1. The second kappa shape index (κ2) is 6.81. The molecule has 0 bridgehead atoms. The van der Waals surface area contributed by atoms with Crippen molar-refractivity contribution in [3.8, 4) is 0 Å². The average Bonchev–Trinajstić information content (AvgIpc) is 2.26. The first-order chi connectivity index (χ1) is 7.33. The van der Waals surface area contributed by atoms with E-state index in [2.05, 4.69) is 22.5 Å². The summed E-state index contributed by atoms with van der Waals surface area (Å²) in [6.45, 7) is 2.85. The Bertz CT molecular complexity index is 287. The maximum atomic E-state index is 11.3. The molecule has 0 saturated carbocycles. The molecule has 1 aromatic heterocycles. The number of urea groups is 1. The SMILES string of the molecule is CCCCCNC(=O)Nc1ccccn1. The van der Waals surface area contributed by atoms with E-state index in [-0.39, 0.29) is 6.03 Å². The zero-order valence-corrected chi connectivity index (χ0v) is 8.99. The molecule has 1 rings (SSSR count). The molecular formula is C11H17N3O. The highest BCUT2D eigenvalue weighted by molar-refractivity contribution is 5.88. The van der Waals surface area contributed by atoms with E-state index in [0.717, 1.165) is 19.3 Å². The Labute approximate surface area is 90.1 Å². The van der Waals surface area contributed by atoms with Crippen LogP contribution in [0.15, 0.2) is 24.4 Å². The number of hydrogen-bond donors (Lipinski definition) is 2. The number of pyridine rings is 1. The van der Waals surface area contributed by atoms with E-state index in [1.165, 1.54) is 0 Å². The van der Waals surface area contributed by atoms with Gasteiger partial charge >= 0.3 is 6.03 Å². The van der Waals surface area contributed by atoms with Crippen LogP contribution in [0.2, 0.25) is 0 Å². The topological polar surface area (TPSA) is 54.0 Å². The van der Waals surface area contributed by atoms with Crippen molar-refractivity contribution in [1.29, 1.82) is 0 Å². The van der Waals surface area contributed by atoms with Crippen molar-refractivity contribution in [2.45, 2.75) is 26.2 Å². The van der Waals surface area contributed by atoms with E-state index in [1.54, 1.807) is 12.3 Å². The third-order valence-corrected chi connectivity index (χ3v) is 1.97. The van der Waals surface area contributed by atoms with Crippen molar-refractivity contribution >= 4 is 11.8 Å². The molecule has 15 heavy (non-hydrogen) atoms. The van der Waals surface area contributed by atoms with Gasteiger partial charge in [-0.05, 0) is 18.6 Å². The molecule has 2 N–H and O–H groups in total. The number of unbranched alkanes of at least 4 members (excludes halogenated alkanes) is 2. The minimum Gasteiger partial charge on any atom is -0.338 e. The number of anilines is 1. The molecule has 0 unspecified atom stereocenters. The second-order valence-electron chi connectivity index (χ2n) is 3.30. The van der Waals surface area contributed by atoms with Gasteiger partial charge in [-0.2, -0.15) is 0 Å². The summed E-state index contributed by atoms with van der Waals surface area (Å²) in [7, 11) is 0. The van der Waals surface area contributed by atoms with Crippen molar-refractivity contribution in [3.63, 3.8) is 0 Å². The highest BCUT2D eigenvalue weighted by atomic mass is 16.2. The maximum Gasteiger partial charge on any atom is 0.320 e. The van der Waals surface area contributed by atoms with Gasteiger partial charge in [-0.25, -0.2) is 9.78 Å². The van der Waals surface area contributed by atoms with Gasteiger partial charge in [0, 0.05) is 12.7 Å². The van der Waals surface area contributed by atoms with Crippen LogP contribution in [0.25, 0.3) is 0 Å². The Balaban J connectivity index is 2.19. The van der Waals surface area contributed by atoms with E-state index in [0.29, 0.717) is 12.4 Å². The van der Waals surface area contributed by atoms with Crippen LogP contribution in [-0.4, -0.2) is 17.6 Å². The summed E-state index contributed by atoms with van der Waals surface area (Å²) >= 11 is 0. The Morgan fingerprint density at radius 2 is 2.27 bits per heavy atom. The second-order valence-corrected chi connectivity index (χ2v) is 3.30. The third kappa shape index (κ3) is 5.00. The van der Waals surface area contributed by atoms with Gasteiger partial charge in [-0.15, -0.1) is 0 Å². The lowest BCUT2D eigenvalue weighted by molar-refractivity contribution is 0.252. The van der Waals surface area contributed by atoms with E-state index in [9.17, 15) is 4.79 Å². The molecule has 0 aromatic carbocycles. The Morgan fingerprint density at radius 1 is 1.40 bits per heavy atom. The van der Waals surface area contributed by atoms with E-state index >= 15 is 0 Å². The molecule has 0 fully saturated rings. The monoisotopic (exact) mass is 207 g/mol. The van der Waals surface area contributed by atoms with Crippen LogP contribution in [-0.2, 0) is 0 Å². The molecule has 0 radical (unpaired) electrons. The Morgan fingerprint density at radius 3 is 2.93 bits per heavy atom. The summed E-state index contributed by atoms with van der Waals surface area (Å²) in [5.74, 6) is 0.575. The summed E-state index contributed by atoms with van der Waals surface area (Å²) in [6.07, 6.45) is 4.96. The molecule has 1 aromatic rings. The molecule has 0 saturated heterocycles. The summed E-state index contributed by atoms with van der Waals surface area (Å²) in [5.41, 5.74) is 0. The van der Waals surface area contributed by atoms with Crippen molar-refractivity contribution in [2.24, 2.45) is 0 Å². The van der Waals surface area contributed by atoms with E-state index in [1.807, 2.05) is 12.1 Å². The van der Waals surface area contributed by atoms with Gasteiger partial charge in [0.05, 0.1) is 0 Å². The highest BCUT2D eigenvalue weighted by Gasteiger charge is 1.99. The molecule has 4 nitrogen and oxygen atoms in total. The maximum absolute atomic E-state index is 11.3. The molecule has 4 heteroatoms. The first-order valence-electron chi connectivity index (χ1n) is 5.29. The van der Waals surface area contributed by atoms with E-state index < -0.39 is 0 Å². The summed E-state index contributed by atoms with van der Waals surface area (Å²) in [6, 6.07) is 5.21. The van der Waals surface area contributed by atoms with Gasteiger partial charge in [-0.1, -0.05) is 25.8 Å². The standard InChI is InChI=1S/C11H17N3O/c1-2-3-5-9-13-11(15)14-10-7-4-6-8-12-10/h4,6-8H,2-3,5,9H2,1H3,(H2,12,13,14,15). The average molecular weight is 207 g/mol. The number of hydrogen-bond acceptors (Lipinski definition) is 2. The first kappa shape index (κ1) is 11.5. The van der Waals surface area contributed by atoms with Crippen molar-refractivity contribution in [3.05, 3.63) is 24.4 Å². The quantitative estimate of drug-likeness (QED) is 0.728. The number of aromatic nitrogens is 1. The summed E-state index contributed by atoms with van der Waals surface area (Å²) in [4.78, 5) is 15.3. The minimum absolute atomic E-state index is 0.190. The van der Waals surface area contributed by atoms with Crippen molar-refractivity contribution < 1.29 is 4.79 Å². The fourth-order valence-corrected chi connectivity index (χ4v) is 1.17. The third-order valence-electron chi connectivity index (χ3n) is 1.97. The predicted molar refractivity (Wildman–Crippen MR) is 60.8 cm³/mol. The lowest BCUT2D eigenvalue weighted by Crippen LogP contribution is -2.29. The van der Waals surface area contributed by atoms with Crippen molar-refractivity contribution in [2.75, 3.05) is 11.9 Å². The Kier molecular flexibility index (Phi) is 5.22. The van der Waals surface area contributed by atoms with Gasteiger partial charge < -0.3 is 5.32 Å². The van der Waals surface area contributed by atoms with Crippen LogP contribution in [0, 0.1) is 0 Å². The molecule has 82 valence electrons. The zero-order chi connectivity index (χ0) is 10.9. The highest BCUT2D eigenvalue weighted by Crippen LogP contribution is 1.99. The van der Waals surface area contributed by atoms with E-state index in [4.69, 9.17) is 0 Å². The van der Waals surface area contributed by atoms with Gasteiger partial charge in [0.1, 0.15) is 5.82 Å². The molecular weight excluding hydrogens is 190 g/mol. The fraction of sp³-hybridized carbons (Fsp3) is 0.455. The van der Waals surface area contributed by atoms with Crippen molar-refractivity contribution in [1.82, 2.24) is 10.3 Å². The van der Waals surface area contributed by atoms with Gasteiger partial charge in [-0.3, -0.25) is 5.32 Å². The molecule has 0 atom stereocenters. The van der Waals surface area contributed by atoms with Crippen LogP contribution in [0.1, 0.15) is 26.2 Å². The zero-order valence-electron chi connectivity index (χ0n) is 8.99. The van der Waals surface area contributed by atoms with Gasteiger partial charge in [0.15, 0.2) is 0 Å². The Hall–Kier alpha value is -1.58. The number of nitrogens with one attached hydrogen (secondary N) is 2. The van der Waals surface area contributed by atoms with Crippen LogP contribution >= 0.6 is 0 Å². The summed E-state index contributed by atoms with van der Waals surface area (Å²) < 4.78 is 0. The number of rotatable bonds is 5. The summed E-state index contributed by atoms with van der Waals surface area (Å²) in [5, 5.41) is 5.43. The van der Waals surface area contributed by atoms with Gasteiger partial charge in [0.25, 0.3) is 0 Å². The lowest BCUT2D eigenvalue weighted by atomic mass is 10.2. The number of amides is 2.